The zero-order valence-corrected chi connectivity index (χ0v) is 8.79. The van der Waals surface area contributed by atoms with Gasteiger partial charge in [0.1, 0.15) is 24.0 Å². The number of anilines is 1. The molecule has 2 aromatic rings. The Hall–Kier alpha value is -2.65. The smallest absolute Gasteiger partial charge is 0.224 e. The van der Waals surface area contributed by atoms with E-state index in [2.05, 4.69) is 15.4 Å². The first-order chi connectivity index (χ1) is 8.33. The Morgan fingerprint density at radius 1 is 1.29 bits per heavy atom. The van der Waals surface area contributed by atoms with Crippen LogP contribution < -0.4 is 16.0 Å². The van der Waals surface area contributed by atoms with Crippen molar-refractivity contribution >= 4 is 5.82 Å². The first kappa shape index (κ1) is 10.9. The van der Waals surface area contributed by atoms with Gasteiger partial charge in [-0.2, -0.15) is 5.26 Å². The van der Waals surface area contributed by atoms with E-state index in [-0.39, 0.29) is 0 Å². The lowest BCUT2D eigenvalue weighted by Gasteiger charge is -2.06. The maximum Gasteiger partial charge on any atom is 0.224 e. The highest BCUT2D eigenvalue weighted by Gasteiger charge is 2.05. The van der Waals surface area contributed by atoms with Crippen LogP contribution in [-0.4, -0.2) is 9.97 Å². The van der Waals surface area contributed by atoms with Gasteiger partial charge in [-0.15, -0.1) is 0 Å². The molecule has 0 spiro atoms. The molecule has 0 aliphatic heterocycles. The molecule has 0 radical (unpaired) electrons. The van der Waals surface area contributed by atoms with Gasteiger partial charge in [-0.3, -0.25) is 0 Å². The maximum atomic E-state index is 8.90. The number of benzene rings is 1. The van der Waals surface area contributed by atoms with E-state index in [4.69, 9.17) is 15.8 Å². The molecule has 17 heavy (non-hydrogen) atoms. The summed E-state index contributed by atoms with van der Waals surface area (Å²) in [6.07, 6.45) is 1.32. The number of hydrogen-bond acceptors (Lipinski definition) is 6. The highest BCUT2D eigenvalue weighted by molar-refractivity contribution is 5.45. The molecule has 6 heteroatoms. The molecule has 0 bridgehead atoms. The monoisotopic (exact) mass is 227 g/mol. The van der Waals surface area contributed by atoms with Gasteiger partial charge in [0.15, 0.2) is 0 Å². The molecule has 0 atom stereocenters. The third-order valence-corrected chi connectivity index (χ3v) is 2.01. The average Bonchev–Trinajstić information content (AvgIpc) is 2.39. The van der Waals surface area contributed by atoms with Crippen molar-refractivity contribution in [3.8, 4) is 17.7 Å². The van der Waals surface area contributed by atoms with Crippen LogP contribution in [0.4, 0.5) is 5.82 Å². The van der Waals surface area contributed by atoms with Gasteiger partial charge in [0.05, 0.1) is 5.56 Å². The van der Waals surface area contributed by atoms with Crippen LogP contribution in [0.2, 0.25) is 0 Å². The predicted molar refractivity (Wildman–Crippen MR) is 61.1 cm³/mol. The van der Waals surface area contributed by atoms with Crippen LogP contribution in [0.5, 0.6) is 11.6 Å². The van der Waals surface area contributed by atoms with Gasteiger partial charge in [0, 0.05) is 6.07 Å². The van der Waals surface area contributed by atoms with Crippen molar-refractivity contribution in [2.24, 2.45) is 5.84 Å². The lowest BCUT2D eigenvalue weighted by Crippen LogP contribution is -2.08. The first-order valence-corrected chi connectivity index (χ1v) is 4.79. The molecular weight excluding hydrogens is 218 g/mol. The van der Waals surface area contributed by atoms with Crippen LogP contribution in [0.25, 0.3) is 0 Å². The number of nitrogen functional groups attached to an aromatic ring is 1. The fourth-order valence-electron chi connectivity index (χ4n) is 1.23. The predicted octanol–water partition coefficient (Wildman–Crippen LogP) is 1.43. The van der Waals surface area contributed by atoms with Gasteiger partial charge in [0.25, 0.3) is 0 Å². The number of aromatic nitrogens is 2. The number of nitrogens with two attached hydrogens (primary N) is 1. The molecule has 0 saturated heterocycles. The van der Waals surface area contributed by atoms with Crippen molar-refractivity contribution in [2.75, 3.05) is 5.43 Å². The van der Waals surface area contributed by atoms with Gasteiger partial charge in [0.2, 0.25) is 5.88 Å². The quantitative estimate of drug-likeness (QED) is 0.608. The second-order valence-corrected chi connectivity index (χ2v) is 3.10. The number of ether oxygens (including phenoxy) is 1. The number of hydrazine groups is 1. The van der Waals surface area contributed by atoms with Crippen LogP contribution in [-0.2, 0) is 0 Å². The third kappa shape index (κ3) is 2.48. The molecule has 1 aromatic heterocycles. The van der Waals surface area contributed by atoms with E-state index in [0.717, 1.165) is 0 Å². The molecule has 0 saturated carbocycles. The minimum absolute atomic E-state index is 0.315. The summed E-state index contributed by atoms with van der Waals surface area (Å²) >= 11 is 0. The molecule has 0 aliphatic carbocycles. The molecule has 0 fully saturated rings. The topological polar surface area (TPSA) is 96.8 Å². The minimum atomic E-state index is 0.315. The number of nitrogens with one attached hydrogen (secondary N) is 1. The Morgan fingerprint density at radius 3 is 2.88 bits per heavy atom. The van der Waals surface area contributed by atoms with Gasteiger partial charge < -0.3 is 10.2 Å². The summed E-state index contributed by atoms with van der Waals surface area (Å²) in [7, 11) is 0. The van der Waals surface area contributed by atoms with E-state index in [9.17, 15) is 0 Å². The molecule has 1 heterocycles. The van der Waals surface area contributed by atoms with E-state index in [1.54, 1.807) is 24.3 Å². The fraction of sp³-hybridized carbons (Fsp3) is 0. The van der Waals surface area contributed by atoms with Gasteiger partial charge in [-0.1, -0.05) is 12.1 Å². The van der Waals surface area contributed by atoms with Crippen molar-refractivity contribution in [1.82, 2.24) is 9.97 Å². The SMILES string of the molecule is N#Cc1ccccc1Oc1cc(NN)ncn1. The summed E-state index contributed by atoms with van der Waals surface area (Å²) in [5.41, 5.74) is 2.82. The Bertz CT molecular complexity index is 564. The van der Waals surface area contributed by atoms with E-state index in [0.29, 0.717) is 23.0 Å². The molecule has 2 rings (SSSR count). The highest BCUT2D eigenvalue weighted by atomic mass is 16.5. The van der Waals surface area contributed by atoms with Crippen molar-refractivity contribution in [3.05, 3.63) is 42.2 Å². The van der Waals surface area contributed by atoms with Gasteiger partial charge in [-0.25, -0.2) is 15.8 Å². The van der Waals surface area contributed by atoms with Crippen LogP contribution >= 0.6 is 0 Å². The molecule has 1 aromatic carbocycles. The molecule has 0 unspecified atom stereocenters. The van der Waals surface area contributed by atoms with Crippen molar-refractivity contribution in [3.63, 3.8) is 0 Å². The van der Waals surface area contributed by atoms with Crippen LogP contribution in [0.3, 0.4) is 0 Å². The van der Waals surface area contributed by atoms with E-state index in [1.165, 1.54) is 12.4 Å². The summed E-state index contributed by atoms with van der Waals surface area (Å²) < 4.78 is 5.47. The largest absolute Gasteiger partial charge is 0.437 e. The molecule has 0 amide bonds. The standard InChI is InChI=1S/C11H9N5O/c12-6-8-3-1-2-4-9(8)17-11-5-10(16-13)14-7-15-11/h1-5,7H,13H2,(H,14,15,16). The van der Waals surface area contributed by atoms with Crippen molar-refractivity contribution < 1.29 is 4.74 Å². The first-order valence-electron chi connectivity index (χ1n) is 4.79. The molecule has 3 N–H and O–H groups in total. The molecule has 6 nitrogen and oxygen atoms in total. The molecule has 0 aliphatic rings. The zero-order valence-electron chi connectivity index (χ0n) is 8.79. The van der Waals surface area contributed by atoms with E-state index < -0.39 is 0 Å². The van der Waals surface area contributed by atoms with Crippen molar-refractivity contribution in [1.29, 1.82) is 5.26 Å². The molecular formula is C11H9N5O. The lowest BCUT2D eigenvalue weighted by molar-refractivity contribution is 0.460. The van der Waals surface area contributed by atoms with Crippen LogP contribution in [0, 0.1) is 11.3 Å². The maximum absolute atomic E-state index is 8.90. The summed E-state index contributed by atoms with van der Waals surface area (Å²) in [6.45, 7) is 0. The number of para-hydroxylation sites is 1. The number of hydrogen-bond donors (Lipinski definition) is 2. The number of nitriles is 1. The lowest BCUT2D eigenvalue weighted by atomic mass is 10.2. The Balaban J connectivity index is 2.28. The van der Waals surface area contributed by atoms with Crippen LogP contribution in [0.1, 0.15) is 5.56 Å². The zero-order chi connectivity index (χ0) is 12.1. The summed E-state index contributed by atoms with van der Waals surface area (Å²) in [6, 6.07) is 10.5. The summed E-state index contributed by atoms with van der Waals surface area (Å²) in [5, 5.41) is 8.90. The fourth-order valence-corrected chi connectivity index (χ4v) is 1.23. The second-order valence-electron chi connectivity index (χ2n) is 3.10. The number of nitrogens with zero attached hydrogens (tertiary/aromatic N) is 3. The molecule has 84 valence electrons. The highest BCUT2D eigenvalue weighted by Crippen LogP contribution is 2.23. The Morgan fingerprint density at radius 2 is 2.12 bits per heavy atom. The third-order valence-electron chi connectivity index (χ3n) is 2.01. The number of rotatable bonds is 3. The minimum Gasteiger partial charge on any atom is -0.437 e. The second kappa shape index (κ2) is 4.92. The van der Waals surface area contributed by atoms with Crippen molar-refractivity contribution in [2.45, 2.75) is 0 Å². The summed E-state index contributed by atoms with van der Waals surface area (Å²) in [5.74, 6) is 6.41. The Labute approximate surface area is 97.7 Å². The van der Waals surface area contributed by atoms with E-state index in [1.807, 2.05) is 6.07 Å². The van der Waals surface area contributed by atoms with Crippen LogP contribution in [0.15, 0.2) is 36.7 Å². The Kier molecular flexibility index (Phi) is 3.14. The van der Waals surface area contributed by atoms with Gasteiger partial charge >= 0.3 is 0 Å². The average molecular weight is 227 g/mol. The normalized spacial score (nSPS) is 9.41. The van der Waals surface area contributed by atoms with Gasteiger partial charge in [-0.05, 0) is 12.1 Å². The summed E-state index contributed by atoms with van der Waals surface area (Å²) in [4.78, 5) is 7.77. The van der Waals surface area contributed by atoms with E-state index >= 15 is 0 Å².